The summed E-state index contributed by atoms with van der Waals surface area (Å²) in [6, 6.07) is 0. The lowest BCUT2D eigenvalue weighted by molar-refractivity contribution is -0.121. The number of nitrogens with one attached hydrogen (secondary N) is 1. The van der Waals surface area contributed by atoms with Gasteiger partial charge in [0, 0.05) is 25.3 Å². The van der Waals surface area contributed by atoms with Gasteiger partial charge in [-0.3, -0.25) is 4.79 Å². The largest absolute Gasteiger partial charge is 0.393 e. The van der Waals surface area contributed by atoms with Gasteiger partial charge in [-0.05, 0) is 51.9 Å². The van der Waals surface area contributed by atoms with E-state index in [1.54, 1.807) is 12.2 Å². The lowest BCUT2D eigenvalue weighted by Gasteiger charge is -2.19. The first-order chi connectivity index (χ1) is 14.9. The molecule has 0 spiro atoms. The van der Waals surface area contributed by atoms with E-state index in [1.165, 1.54) is 0 Å². The van der Waals surface area contributed by atoms with Gasteiger partial charge in [0.2, 0.25) is 5.91 Å². The Morgan fingerprint density at radius 3 is 2.68 bits per heavy atom. The Kier molecular flexibility index (Phi) is 13.8. The molecule has 0 bridgehead atoms. The third-order valence-corrected chi connectivity index (χ3v) is 5.74. The van der Waals surface area contributed by atoms with E-state index in [2.05, 4.69) is 11.9 Å². The SMILES string of the molecule is C=C/C=C\C(=C/C)CC[C@H](O)/C=C/[C@@H]1[C@@H](C/C=C\CCCC(=O)NCC)[C@@H](O)C[C@H]1O. The van der Waals surface area contributed by atoms with Gasteiger partial charge in [0.1, 0.15) is 0 Å². The Morgan fingerprint density at radius 1 is 1.23 bits per heavy atom. The van der Waals surface area contributed by atoms with Gasteiger partial charge in [-0.25, -0.2) is 0 Å². The maximum Gasteiger partial charge on any atom is 0.219 e. The number of hydrogen-bond donors (Lipinski definition) is 4. The molecule has 0 aromatic carbocycles. The third kappa shape index (κ3) is 10.8. The standard InChI is InChI=1S/C26H41NO4/c1-4-7-12-20(5-2)15-16-21(28)17-18-23-22(24(29)19-25(23)30)13-10-8-9-11-14-26(31)27-6-3/h4-5,7-8,10,12,17-18,21-25,28-30H,1,6,9,11,13-16,19H2,2-3H3,(H,27,31)/b10-8-,12-7-,18-17+,20-5+/t21-,22+,23+,24-,25+/m0/s1. The van der Waals surface area contributed by atoms with Gasteiger partial charge in [-0.15, -0.1) is 0 Å². The summed E-state index contributed by atoms with van der Waals surface area (Å²) in [4.78, 5) is 11.4. The lowest BCUT2D eigenvalue weighted by Crippen LogP contribution is -2.21. The van der Waals surface area contributed by atoms with Crippen LogP contribution in [0.5, 0.6) is 0 Å². The van der Waals surface area contributed by atoms with E-state index >= 15 is 0 Å². The second-order valence-electron chi connectivity index (χ2n) is 8.11. The summed E-state index contributed by atoms with van der Waals surface area (Å²) in [5.74, 6) is -0.168. The van der Waals surface area contributed by atoms with Crippen LogP contribution in [0.25, 0.3) is 0 Å². The lowest BCUT2D eigenvalue weighted by atomic mass is 9.89. The number of unbranched alkanes of at least 4 members (excludes halogenated alkanes) is 1. The molecule has 5 nitrogen and oxygen atoms in total. The van der Waals surface area contributed by atoms with Crippen molar-refractivity contribution < 1.29 is 20.1 Å². The van der Waals surface area contributed by atoms with Crippen LogP contribution in [-0.2, 0) is 4.79 Å². The first-order valence-corrected chi connectivity index (χ1v) is 11.5. The van der Waals surface area contributed by atoms with Gasteiger partial charge in [-0.1, -0.05) is 60.8 Å². The Balaban J connectivity index is 2.51. The molecular weight excluding hydrogens is 390 g/mol. The van der Waals surface area contributed by atoms with E-state index in [0.717, 1.165) is 24.8 Å². The predicted molar refractivity (Wildman–Crippen MR) is 127 cm³/mol. The summed E-state index contributed by atoms with van der Waals surface area (Å²) in [6.07, 6.45) is 18.1. The molecule has 0 heterocycles. The Hall–Kier alpha value is -1.95. The number of allylic oxidation sites excluding steroid dienone is 7. The van der Waals surface area contributed by atoms with Crippen LogP contribution >= 0.6 is 0 Å². The minimum absolute atomic E-state index is 0.0697. The van der Waals surface area contributed by atoms with Crippen LogP contribution in [0.4, 0.5) is 0 Å². The molecule has 1 aliphatic rings. The zero-order chi connectivity index (χ0) is 23.1. The smallest absolute Gasteiger partial charge is 0.219 e. The Labute approximate surface area is 188 Å². The first-order valence-electron chi connectivity index (χ1n) is 11.5. The van der Waals surface area contributed by atoms with Crippen molar-refractivity contribution in [3.05, 3.63) is 60.8 Å². The molecule has 0 unspecified atom stereocenters. The highest BCUT2D eigenvalue weighted by Gasteiger charge is 2.39. The van der Waals surface area contributed by atoms with Gasteiger partial charge in [-0.2, -0.15) is 0 Å². The van der Waals surface area contributed by atoms with Crippen molar-refractivity contribution in [1.29, 1.82) is 0 Å². The van der Waals surface area contributed by atoms with E-state index in [1.807, 2.05) is 50.3 Å². The molecule has 1 saturated carbocycles. The number of aliphatic hydroxyl groups excluding tert-OH is 3. The van der Waals surface area contributed by atoms with Crippen molar-refractivity contribution in [2.24, 2.45) is 11.8 Å². The van der Waals surface area contributed by atoms with Gasteiger partial charge in [0.15, 0.2) is 0 Å². The van der Waals surface area contributed by atoms with Crippen LogP contribution in [0.2, 0.25) is 0 Å². The number of hydrogen-bond acceptors (Lipinski definition) is 4. The molecule has 174 valence electrons. The molecule has 0 saturated heterocycles. The van der Waals surface area contributed by atoms with Gasteiger partial charge < -0.3 is 20.6 Å². The minimum atomic E-state index is -0.601. The number of aliphatic hydroxyl groups is 3. The maximum atomic E-state index is 11.4. The number of carbonyl (C=O) groups is 1. The molecular formula is C26H41NO4. The van der Waals surface area contributed by atoms with E-state index in [-0.39, 0.29) is 17.7 Å². The summed E-state index contributed by atoms with van der Waals surface area (Å²) in [5.41, 5.74) is 1.14. The van der Waals surface area contributed by atoms with E-state index in [0.29, 0.717) is 32.2 Å². The first kappa shape index (κ1) is 27.1. The fourth-order valence-corrected chi connectivity index (χ4v) is 3.93. The predicted octanol–water partition coefficient (Wildman–Crippen LogP) is 3.98. The third-order valence-electron chi connectivity index (χ3n) is 5.74. The van der Waals surface area contributed by atoms with Crippen LogP contribution in [0.1, 0.15) is 58.8 Å². The van der Waals surface area contributed by atoms with Crippen LogP contribution in [0.3, 0.4) is 0 Å². The number of carbonyl (C=O) groups excluding carboxylic acids is 1. The average molecular weight is 432 g/mol. The summed E-state index contributed by atoms with van der Waals surface area (Å²) in [5, 5.41) is 33.8. The second kappa shape index (κ2) is 15.8. The highest BCUT2D eigenvalue weighted by Crippen LogP contribution is 2.36. The van der Waals surface area contributed by atoms with E-state index < -0.39 is 18.3 Å². The van der Waals surface area contributed by atoms with Gasteiger partial charge in [0.25, 0.3) is 0 Å². The highest BCUT2D eigenvalue weighted by atomic mass is 16.3. The summed E-state index contributed by atoms with van der Waals surface area (Å²) < 4.78 is 0. The van der Waals surface area contributed by atoms with Crippen molar-refractivity contribution in [3.63, 3.8) is 0 Å². The quantitative estimate of drug-likeness (QED) is 0.190. The molecule has 1 amide bonds. The number of amides is 1. The molecule has 1 rings (SSSR count). The topological polar surface area (TPSA) is 89.8 Å². The molecule has 5 heteroatoms. The zero-order valence-corrected chi connectivity index (χ0v) is 19.1. The molecule has 0 aromatic heterocycles. The van der Waals surface area contributed by atoms with Crippen LogP contribution in [0, 0.1) is 11.8 Å². The Morgan fingerprint density at radius 2 is 2.00 bits per heavy atom. The van der Waals surface area contributed by atoms with Crippen LogP contribution in [-0.4, -0.2) is 46.1 Å². The van der Waals surface area contributed by atoms with Crippen molar-refractivity contribution in [3.8, 4) is 0 Å². The van der Waals surface area contributed by atoms with E-state index in [9.17, 15) is 20.1 Å². The molecule has 0 radical (unpaired) electrons. The second-order valence-corrected chi connectivity index (χ2v) is 8.11. The van der Waals surface area contributed by atoms with Crippen molar-refractivity contribution in [1.82, 2.24) is 5.32 Å². The van der Waals surface area contributed by atoms with Crippen molar-refractivity contribution >= 4 is 5.91 Å². The van der Waals surface area contributed by atoms with Crippen LogP contribution < -0.4 is 5.32 Å². The molecule has 0 aliphatic heterocycles. The molecule has 0 aromatic rings. The molecule has 5 atom stereocenters. The van der Waals surface area contributed by atoms with E-state index in [4.69, 9.17) is 0 Å². The van der Waals surface area contributed by atoms with Crippen molar-refractivity contribution in [2.45, 2.75) is 77.1 Å². The number of rotatable bonds is 14. The normalized spacial score (nSPS) is 25.6. The minimum Gasteiger partial charge on any atom is -0.393 e. The molecule has 1 aliphatic carbocycles. The molecule has 4 N–H and O–H groups in total. The van der Waals surface area contributed by atoms with Crippen molar-refractivity contribution in [2.75, 3.05) is 6.54 Å². The maximum absolute atomic E-state index is 11.4. The molecule has 31 heavy (non-hydrogen) atoms. The fraction of sp³-hybridized carbons (Fsp3) is 0.577. The molecule has 1 fully saturated rings. The van der Waals surface area contributed by atoms with Crippen LogP contribution in [0.15, 0.2) is 60.8 Å². The summed E-state index contributed by atoms with van der Waals surface area (Å²) >= 11 is 0. The fourth-order valence-electron chi connectivity index (χ4n) is 3.93. The monoisotopic (exact) mass is 431 g/mol. The van der Waals surface area contributed by atoms with Gasteiger partial charge >= 0.3 is 0 Å². The van der Waals surface area contributed by atoms with Gasteiger partial charge in [0.05, 0.1) is 18.3 Å². The average Bonchev–Trinajstić information content (AvgIpc) is 3.01. The summed E-state index contributed by atoms with van der Waals surface area (Å²) in [7, 11) is 0. The summed E-state index contributed by atoms with van der Waals surface area (Å²) in [6.45, 7) is 8.20. The zero-order valence-electron chi connectivity index (χ0n) is 19.1. The highest BCUT2D eigenvalue weighted by molar-refractivity contribution is 5.75. The Bertz CT molecular complexity index is 650.